The molecule has 0 spiro atoms. The van der Waals surface area contributed by atoms with E-state index >= 15 is 0 Å². The summed E-state index contributed by atoms with van der Waals surface area (Å²) >= 11 is 0. The van der Waals surface area contributed by atoms with Crippen LogP contribution in [0.5, 0.6) is 0 Å². The van der Waals surface area contributed by atoms with Crippen molar-refractivity contribution in [1.82, 2.24) is 0 Å². The molecule has 0 amide bonds. The summed E-state index contributed by atoms with van der Waals surface area (Å²) in [5.41, 5.74) is 4.10. The molecule has 9 heteroatoms. The molecule has 264 valence electrons. The molecule has 8 nitrogen and oxygen atoms in total. The Hall–Kier alpha value is -3.54. The van der Waals surface area contributed by atoms with Gasteiger partial charge in [-0.3, -0.25) is 0 Å². The van der Waals surface area contributed by atoms with Gasteiger partial charge in [0, 0.05) is 10.9 Å². The summed E-state index contributed by atoms with van der Waals surface area (Å²) in [4.78, 5) is 13.3. The molecule has 1 N–H and O–H groups in total. The molecule has 4 aromatic carbocycles. The van der Waals surface area contributed by atoms with Gasteiger partial charge in [0.2, 0.25) is 0 Å². The summed E-state index contributed by atoms with van der Waals surface area (Å²) in [6.07, 6.45) is -3.50. The Kier molecular flexibility index (Phi) is 12.8. The average Bonchev–Trinajstić information content (AvgIpc) is 3.65. The van der Waals surface area contributed by atoms with Gasteiger partial charge < -0.3 is 33.5 Å². The fourth-order valence-electron chi connectivity index (χ4n) is 6.39. The highest BCUT2D eigenvalue weighted by molar-refractivity contribution is 7.97. The lowest BCUT2D eigenvalue weighted by molar-refractivity contribution is -0.171. The van der Waals surface area contributed by atoms with Crippen molar-refractivity contribution in [3.63, 3.8) is 0 Å². The highest BCUT2D eigenvalue weighted by Crippen LogP contribution is 2.35. The van der Waals surface area contributed by atoms with E-state index in [1.807, 2.05) is 97.1 Å². The van der Waals surface area contributed by atoms with E-state index in [2.05, 4.69) is 24.3 Å². The smallest absolute Gasteiger partial charge is 0.338 e. The van der Waals surface area contributed by atoms with Crippen LogP contribution in [0.15, 0.2) is 121 Å². The van der Waals surface area contributed by atoms with Gasteiger partial charge in [-0.1, -0.05) is 121 Å². The molecule has 2 aliphatic heterocycles. The van der Waals surface area contributed by atoms with E-state index in [1.54, 1.807) is 13.8 Å². The number of benzene rings is 4. The molecule has 50 heavy (non-hydrogen) atoms. The highest BCUT2D eigenvalue weighted by Gasteiger charge is 2.56. The Morgan fingerprint density at radius 1 is 0.740 bits per heavy atom. The molecule has 2 fully saturated rings. The van der Waals surface area contributed by atoms with Crippen molar-refractivity contribution in [1.29, 1.82) is 0 Å². The van der Waals surface area contributed by atoms with Crippen LogP contribution in [-0.4, -0.2) is 70.7 Å². The number of hydrogen-bond donors (Lipinski definition) is 1. The molecule has 1 unspecified atom stereocenters. The second-order valence-electron chi connectivity index (χ2n) is 13.2. The van der Waals surface area contributed by atoms with Gasteiger partial charge in [-0.2, -0.15) is 0 Å². The van der Waals surface area contributed by atoms with Crippen molar-refractivity contribution >= 4 is 16.9 Å². The fourth-order valence-corrected chi connectivity index (χ4v) is 9.28. The number of carbonyl (C=O) groups excluding carboxylic acids is 1. The predicted molar refractivity (Wildman–Crippen MR) is 193 cm³/mol. The second-order valence-corrected chi connectivity index (χ2v) is 15.5. The standard InChI is InChI=1S/C41H47O8S/c1-41(2)48-37(39(49-41)40(43)47-26-33-21-13-6-14-22-33)34(42)28-50-29-35(45-24-31-17-9-4-10-18-31)38(46-25-32-19-11-5-12-20-32)36(50)27-44-23-30-15-7-3-8-16-30/h3-22,34-39,42H,23-29H2,1-2H3/q+1/t34-,35+,36+,37-,38-,39-,50?/m1/s1. The van der Waals surface area contributed by atoms with Gasteiger partial charge in [0.05, 0.1) is 26.4 Å². The summed E-state index contributed by atoms with van der Waals surface area (Å²) in [5, 5.41) is 11.8. The molecule has 0 saturated carbocycles. The number of hydrogen-bond acceptors (Lipinski definition) is 8. The molecule has 0 aromatic heterocycles. The third kappa shape index (κ3) is 10.0. The zero-order chi connectivity index (χ0) is 34.8. The van der Waals surface area contributed by atoms with Gasteiger partial charge in [0.15, 0.2) is 17.1 Å². The lowest BCUT2D eigenvalue weighted by Gasteiger charge is -2.24. The molecule has 7 atom stereocenters. The van der Waals surface area contributed by atoms with Crippen LogP contribution in [0.3, 0.4) is 0 Å². The Bertz CT molecular complexity index is 1590. The minimum absolute atomic E-state index is 0.0725. The fraction of sp³-hybridized carbons (Fsp3) is 0.390. The van der Waals surface area contributed by atoms with Crippen LogP contribution in [0.1, 0.15) is 36.1 Å². The number of aliphatic hydroxyl groups excluding tert-OH is 1. The molecule has 0 aliphatic carbocycles. The quantitative estimate of drug-likeness (QED) is 0.113. The van der Waals surface area contributed by atoms with Gasteiger partial charge in [-0.25, -0.2) is 4.79 Å². The van der Waals surface area contributed by atoms with Crippen LogP contribution in [0.4, 0.5) is 0 Å². The lowest BCUT2D eigenvalue weighted by atomic mass is 10.1. The third-order valence-electron chi connectivity index (χ3n) is 8.87. The van der Waals surface area contributed by atoms with Gasteiger partial charge >= 0.3 is 5.97 Å². The zero-order valence-electron chi connectivity index (χ0n) is 28.7. The van der Waals surface area contributed by atoms with Gasteiger partial charge in [-0.15, -0.1) is 0 Å². The first kappa shape index (κ1) is 36.3. The van der Waals surface area contributed by atoms with Crippen LogP contribution in [-0.2, 0) is 70.5 Å². The van der Waals surface area contributed by atoms with E-state index in [4.69, 9.17) is 28.4 Å². The number of aliphatic hydroxyl groups is 1. The topological polar surface area (TPSA) is 92.7 Å². The highest BCUT2D eigenvalue weighted by atomic mass is 32.2. The molecule has 0 radical (unpaired) electrons. The Labute approximate surface area is 298 Å². The van der Waals surface area contributed by atoms with Gasteiger partial charge in [0.25, 0.3) is 0 Å². The number of rotatable bonds is 16. The van der Waals surface area contributed by atoms with E-state index in [9.17, 15) is 9.90 Å². The SMILES string of the molecule is CC1(C)O[C@H]([C@H](O)C[S+]2C[C@H](OCc3ccccc3)[C@@H](OCc3ccccc3)[C@@H]2COCc2ccccc2)[C@H](C(=O)OCc2ccccc2)O1. The average molecular weight is 700 g/mol. The van der Waals surface area contributed by atoms with Crippen LogP contribution in [0.25, 0.3) is 0 Å². The van der Waals surface area contributed by atoms with Crippen molar-refractivity contribution in [2.75, 3.05) is 18.1 Å². The maximum atomic E-state index is 13.3. The molecule has 4 aromatic rings. The second kappa shape index (κ2) is 17.6. The van der Waals surface area contributed by atoms with Crippen LogP contribution >= 0.6 is 0 Å². The molecular weight excluding hydrogens is 653 g/mol. The molecular formula is C41H47O8S+. The largest absolute Gasteiger partial charge is 0.459 e. The predicted octanol–water partition coefficient (Wildman–Crippen LogP) is 6.00. The van der Waals surface area contributed by atoms with Gasteiger partial charge in [0.1, 0.15) is 42.5 Å². The maximum Gasteiger partial charge on any atom is 0.338 e. The van der Waals surface area contributed by atoms with E-state index < -0.39 is 41.0 Å². The first-order chi connectivity index (χ1) is 24.3. The van der Waals surface area contributed by atoms with E-state index in [0.717, 1.165) is 22.3 Å². The summed E-state index contributed by atoms with van der Waals surface area (Å²) in [7, 11) is -0.424. The summed E-state index contributed by atoms with van der Waals surface area (Å²) in [6, 6.07) is 39.8. The molecule has 0 bridgehead atoms. The Morgan fingerprint density at radius 2 is 1.24 bits per heavy atom. The molecule has 2 aliphatic rings. The maximum absolute atomic E-state index is 13.3. The minimum atomic E-state index is -1.07. The van der Waals surface area contributed by atoms with Crippen LogP contribution < -0.4 is 0 Å². The molecule has 2 heterocycles. The molecule has 6 rings (SSSR count). The first-order valence-corrected chi connectivity index (χ1v) is 18.8. The first-order valence-electron chi connectivity index (χ1n) is 17.2. The summed E-state index contributed by atoms with van der Waals surface area (Å²) in [5.74, 6) is -0.596. The normalized spacial score (nSPS) is 24.9. The molecule has 2 saturated heterocycles. The minimum Gasteiger partial charge on any atom is -0.459 e. The van der Waals surface area contributed by atoms with E-state index in [0.29, 0.717) is 37.9 Å². The summed E-state index contributed by atoms with van der Waals surface area (Å²) in [6.45, 7) is 5.35. The summed E-state index contributed by atoms with van der Waals surface area (Å²) < 4.78 is 37.5. The van der Waals surface area contributed by atoms with Gasteiger partial charge in [-0.05, 0) is 36.1 Å². The number of esters is 1. The lowest BCUT2D eigenvalue weighted by Crippen LogP contribution is -2.46. The zero-order valence-corrected chi connectivity index (χ0v) is 29.5. The van der Waals surface area contributed by atoms with Crippen LogP contribution in [0.2, 0.25) is 0 Å². The monoisotopic (exact) mass is 699 g/mol. The number of ether oxygens (including phenoxy) is 6. The van der Waals surface area contributed by atoms with Crippen molar-refractivity contribution in [2.24, 2.45) is 0 Å². The van der Waals surface area contributed by atoms with Crippen molar-refractivity contribution in [3.8, 4) is 0 Å². The van der Waals surface area contributed by atoms with Crippen molar-refractivity contribution in [2.45, 2.75) is 81.8 Å². The Morgan fingerprint density at radius 3 is 1.80 bits per heavy atom. The van der Waals surface area contributed by atoms with Crippen molar-refractivity contribution < 1.29 is 38.3 Å². The van der Waals surface area contributed by atoms with Crippen LogP contribution in [0, 0.1) is 0 Å². The van der Waals surface area contributed by atoms with Crippen molar-refractivity contribution in [3.05, 3.63) is 144 Å². The van der Waals surface area contributed by atoms with E-state index in [-0.39, 0.29) is 24.1 Å². The van der Waals surface area contributed by atoms with E-state index in [1.165, 1.54) is 0 Å². The Balaban J connectivity index is 1.20. The third-order valence-corrected chi connectivity index (χ3v) is 11.7. The number of carbonyl (C=O) groups is 1.